The zero-order valence-corrected chi connectivity index (χ0v) is 11.7. The molecule has 0 radical (unpaired) electrons. The predicted molar refractivity (Wildman–Crippen MR) is 74.0 cm³/mol. The summed E-state index contributed by atoms with van der Waals surface area (Å²) >= 11 is 0. The van der Waals surface area contributed by atoms with E-state index >= 15 is 0 Å². The van der Waals surface area contributed by atoms with Gasteiger partial charge >= 0.3 is 0 Å². The molecule has 2 N–H and O–H groups in total. The Kier molecular flexibility index (Phi) is 4.87. The summed E-state index contributed by atoms with van der Waals surface area (Å²) in [6, 6.07) is 1.98. The third-order valence-electron chi connectivity index (χ3n) is 5.01. The maximum Gasteiger partial charge on any atom is 0.0124 e. The zero-order valence-electron chi connectivity index (χ0n) is 11.7. The number of nitrogens with zero attached hydrogens (tertiary/aromatic N) is 1. The minimum atomic E-state index is 0.449. The fourth-order valence-corrected chi connectivity index (χ4v) is 4.08. The average Bonchev–Trinajstić information content (AvgIpc) is 2.34. The summed E-state index contributed by atoms with van der Waals surface area (Å²) in [5, 5.41) is 0. The fourth-order valence-electron chi connectivity index (χ4n) is 4.08. The second-order valence-corrected chi connectivity index (χ2v) is 6.24. The number of piperidine rings is 1. The predicted octanol–water partition coefficient (Wildman–Crippen LogP) is 3.16. The summed E-state index contributed by atoms with van der Waals surface area (Å²) in [5.41, 5.74) is 6.08. The highest BCUT2D eigenvalue weighted by atomic mass is 15.2. The number of hydrogen-bond acceptors (Lipinski definition) is 2. The molecule has 0 spiro atoms. The first kappa shape index (κ1) is 13.4. The first-order chi connectivity index (χ1) is 8.22. The van der Waals surface area contributed by atoms with Gasteiger partial charge in [0.25, 0.3) is 0 Å². The lowest BCUT2D eigenvalue weighted by Gasteiger charge is -2.45. The molecule has 1 aliphatic heterocycles. The van der Waals surface area contributed by atoms with Crippen LogP contribution < -0.4 is 5.73 Å². The van der Waals surface area contributed by atoms with Crippen LogP contribution >= 0.6 is 0 Å². The quantitative estimate of drug-likeness (QED) is 0.818. The molecule has 1 heterocycles. The Balaban J connectivity index is 1.96. The Hall–Kier alpha value is -0.0800. The largest absolute Gasteiger partial charge is 0.328 e. The molecular weight excluding hydrogens is 208 g/mol. The first-order valence-electron chi connectivity index (χ1n) is 7.73. The second kappa shape index (κ2) is 6.19. The van der Waals surface area contributed by atoms with Crippen LogP contribution in [0.15, 0.2) is 0 Å². The normalized spacial score (nSPS) is 34.8. The van der Waals surface area contributed by atoms with Gasteiger partial charge < -0.3 is 5.73 Å². The summed E-state index contributed by atoms with van der Waals surface area (Å²) < 4.78 is 0. The van der Waals surface area contributed by atoms with Crippen LogP contribution in [0.5, 0.6) is 0 Å². The van der Waals surface area contributed by atoms with Crippen molar-refractivity contribution >= 4 is 0 Å². The second-order valence-electron chi connectivity index (χ2n) is 6.24. The highest BCUT2D eigenvalue weighted by molar-refractivity contribution is 4.88. The summed E-state index contributed by atoms with van der Waals surface area (Å²) in [7, 11) is 0. The molecule has 0 aromatic carbocycles. The lowest BCUT2D eigenvalue weighted by Crippen LogP contribution is -2.52. The van der Waals surface area contributed by atoms with Crippen LogP contribution in [0, 0.1) is 5.92 Å². The van der Waals surface area contributed by atoms with Gasteiger partial charge in [-0.1, -0.05) is 26.2 Å². The molecule has 3 atom stereocenters. The van der Waals surface area contributed by atoms with Crippen LogP contribution in [0.1, 0.15) is 65.2 Å². The number of hydrogen-bond donors (Lipinski definition) is 1. The van der Waals surface area contributed by atoms with Gasteiger partial charge in [0.1, 0.15) is 0 Å². The Morgan fingerprint density at radius 3 is 2.47 bits per heavy atom. The van der Waals surface area contributed by atoms with Crippen molar-refractivity contribution in [1.29, 1.82) is 0 Å². The molecule has 2 aliphatic rings. The molecule has 0 amide bonds. The van der Waals surface area contributed by atoms with Crippen molar-refractivity contribution in [2.75, 3.05) is 6.54 Å². The topological polar surface area (TPSA) is 29.3 Å². The van der Waals surface area contributed by atoms with E-state index in [1.807, 2.05) is 0 Å². The molecule has 1 saturated heterocycles. The molecule has 2 fully saturated rings. The van der Waals surface area contributed by atoms with E-state index in [1.165, 1.54) is 57.9 Å². The minimum Gasteiger partial charge on any atom is -0.328 e. The molecule has 17 heavy (non-hydrogen) atoms. The standard InChI is InChI=1S/C15H30N2/c1-3-15(13-7-5-4-6-8-13)17-10-9-14(16)11-12(17)2/h12-15H,3-11,16H2,1-2H3. The molecule has 1 aliphatic carbocycles. The van der Waals surface area contributed by atoms with Crippen molar-refractivity contribution in [2.24, 2.45) is 11.7 Å². The van der Waals surface area contributed by atoms with Gasteiger partial charge in [0.15, 0.2) is 0 Å². The van der Waals surface area contributed by atoms with E-state index in [4.69, 9.17) is 5.73 Å². The molecular formula is C15H30N2. The fraction of sp³-hybridized carbons (Fsp3) is 1.00. The van der Waals surface area contributed by atoms with Gasteiger partial charge in [0, 0.05) is 24.7 Å². The third-order valence-corrected chi connectivity index (χ3v) is 5.01. The van der Waals surface area contributed by atoms with Gasteiger partial charge in [0.2, 0.25) is 0 Å². The summed E-state index contributed by atoms with van der Waals surface area (Å²) in [4.78, 5) is 2.78. The van der Waals surface area contributed by atoms with Gasteiger partial charge in [-0.25, -0.2) is 0 Å². The van der Waals surface area contributed by atoms with Crippen molar-refractivity contribution in [2.45, 2.75) is 83.3 Å². The van der Waals surface area contributed by atoms with Crippen LogP contribution in [-0.4, -0.2) is 29.6 Å². The monoisotopic (exact) mass is 238 g/mol. The lowest BCUT2D eigenvalue weighted by atomic mass is 9.80. The third kappa shape index (κ3) is 3.23. The molecule has 2 rings (SSSR count). The van der Waals surface area contributed by atoms with Gasteiger partial charge in [-0.2, -0.15) is 0 Å². The van der Waals surface area contributed by atoms with E-state index in [9.17, 15) is 0 Å². The van der Waals surface area contributed by atoms with Crippen molar-refractivity contribution < 1.29 is 0 Å². The molecule has 2 nitrogen and oxygen atoms in total. The Morgan fingerprint density at radius 1 is 1.18 bits per heavy atom. The van der Waals surface area contributed by atoms with E-state index in [0.717, 1.165) is 12.0 Å². The van der Waals surface area contributed by atoms with Gasteiger partial charge in [-0.15, -0.1) is 0 Å². The van der Waals surface area contributed by atoms with Crippen LogP contribution in [0.3, 0.4) is 0 Å². The van der Waals surface area contributed by atoms with E-state index in [2.05, 4.69) is 18.7 Å². The summed E-state index contributed by atoms with van der Waals surface area (Å²) in [6.07, 6.45) is 11.0. The average molecular weight is 238 g/mol. The lowest BCUT2D eigenvalue weighted by molar-refractivity contribution is 0.0478. The summed E-state index contributed by atoms with van der Waals surface area (Å²) in [5.74, 6) is 0.963. The maximum absolute atomic E-state index is 6.08. The van der Waals surface area contributed by atoms with Crippen LogP contribution in [0.2, 0.25) is 0 Å². The highest BCUT2D eigenvalue weighted by Gasteiger charge is 2.33. The van der Waals surface area contributed by atoms with Crippen molar-refractivity contribution in [3.05, 3.63) is 0 Å². The van der Waals surface area contributed by atoms with Gasteiger partial charge in [-0.05, 0) is 44.9 Å². The number of nitrogens with two attached hydrogens (primary N) is 1. The molecule has 100 valence electrons. The van der Waals surface area contributed by atoms with Crippen LogP contribution in [0.4, 0.5) is 0 Å². The Morgan fingerprint density at radius 2 is 1.88 bits per heavy atom. The van der Waals surface area contributed by atoms with E-state index < -0.39 is 0 Å². The van der Waals surface area contributed by atoms with Gasteiger partial charge in [-0.3, -0.25) is 4.90 Å². The molecule has 0 bridgehead atoms. The van der Waals surface area contributed by atoms with E-state index in [0.29, 0.717) is 12.1 Å². The Bertz CT molecular complexity index is 223. The Labute approximate surface area is 107 Å². The minimum absolute atomic E-state index is 0.449. The molecule has 0 aromatic rings. The van der Waals surface area contributed by atoms with Gasteiger partial charge in [0.05, 0.1) is 0 Å². The number of rotatable bonds is 3. The van der Waals surface area contributed by atoms with E-state index in [1.54, 1.807) is 0 Å². The molecule has 0 aromatic heterocycles. The van der Waals surface area contributed by atoms with Crippen molar-refractivity contribution in [1.82, 2.24) is 4.90 Å². The molecule has 3 unspecified atom stereocenters. The maximum atomic E-state index is 6.08. The SMILES string of the molecule is CCC(C1CCCCC1)N1CCC(N)CC1C. The van der Waals surface area contributed by atoms with Crippen LogP contribution in [0.25, 0.3) is 0 Å². The smallest absolute Gasteiger partial charge is 0.0124 e. The van der Waals surface area contributed by atoms with Crippen molar-refractivity contribution in [3.63, 3.8) is 0 Å². The van der Waals surface area contributed by atoms with Crippen molar-refractivity contribution in [3.8, 4) is 0 Å². The first-order valence-corrected chi connectivity index (χ1v) is 7.73. The summed E-state index contributed by atoms with van der Waals surface area (Å²) in [6.45, 7) is 5.99. The number of likely N-dealkylation sites (tertiary alicyclic amines) is 1. The molecule has 2 heteroatoms. The molecule has 1 saturated carbocycles. The zero-order chi connectivity index (χ0) is 12.3. The highest BCUT2D eigenvalue weighted by Crippen LogP contribution is 2.33. The van der Waals surface area contributed by atoms with Crippen LogP contribution in [-0.2, 0) is 0 Å². The van der Waals surface area contributed by atoms with E-state index in [-0.39, 0.29) is 0 Å².